The number of amides is 1. The smallest absolute Gasteiger partial charge is 0.221 e. The fraction of sp³-hybridized carbons (Fsp3) is 0.529. The number of nitrogens with one attached hydrogen (secondary N) is 3. The summed E-state index contributed by atoms with van der Waals surface area (Å²) >= 11 is 0. The van der Waals surface area contributed by atoms with E-state index in [0.717, 1.165) is 11.5 Å². The van der Waals surface area contributed by atoms with Crippen LogP contribution in [0.4, 0.5) is 5.69 Å². The molecular weight excluding hydrogens is 292 g/mol. The van der Waals surface area contributed by atoms with Crippen molar-refractivity contribution < 1.29 is 9.53 Å². The van der Waals surface area contributed by atoms with Gasteiger partial charge in [0.1, 0.15) is 5.75 Å². The molecule has 2 rings (SSSR count). The summed E-state index contributed by atoms with van der Waals surface area (Å²) in [6.45, 7) is 2.11. The highest BCUT2D eigenvalue weighted by Gasteiger charge is 2.15. The van der Waals surface area contributed by atoms with Crippen molar-refractivity contribution in [2.75, 3.05) is 19.5 Å². The zero-order valence-electron chi connectivity index (χ0n) is 14.1. The number of methoxy groups -OCH3 is 1. The van der Waals surface area contributed by atoms with Gasteiger partial charge in [-0.15, -0.1) is 0 Å². The third-order valence-corrected chi connectivity index (χ3v) is 3.95. The Balaban J connectivity index is 1.97. The molecule has 0 atom stereocenters. The molecule has 1 aliphatic carbocycles. The van der Waals surface area contributed by atoms with Crippen molar-refractivity contribution in [2.24, 2.45) is 4.99 Å². The SMILES string of the molecule is CN=C(NCc1ccc(OC)c(NC(C)=O)c1)NC1CCCC1. The molecule has 3 N–H and O–H groups in total. The maximum Gasteiger partial charge on any atom is 0.221 e. The third-order valence-electron chi connectivity index (χ3n) is 3.95. The van der Waals surface area contributed by atoms with Crippen LogP contribution in [0, 0.1) is 0 Å². The van der Waals surface area contributed by atoms with E-state index in [1.54, 1.807) is 14.2 Å². The highest BCUT2D eigenvalue weighted by molar-refractivity contribution is 5.90. The summed E-state index contributed by atoms with van der Waals surface area (Å²) in [4.78, 5) is 15.6. The molecule has 1 amide bonds. The molecule has 126 valence electrons. The van der Waals surface area contributed by atoms with Crippen LogP contribution in [0.1, 0.15) is 38.2 Å². The number of hydrogen-bond donors (Lipinski definition) is 3. The van der Waals surface area contributed by atoms with Crippen LogP contribution in [-0.4, -0.2) is 32.1 Å². The topological polar surface area (TPSA) is 74.8 Å². The minimum absolute atomic E-state index is 0.118. The molecule has 1 aromatic rings. The van der Waals surface area contributed by atoms with Crippen molar-refractivity contribution in [1.29, 1.82) is 0 Å². The summed E-state index contributed by atoms with van der Waals surface area (Å²) in [5, 5.41) is 9.55. The lowest BCUT2D eigenvalue weighted by atomic mass is 10.2. The van der Waals surface area contributed by atoms with Crippen LogP contribution in [0.3, 0.4) is 0 Å². The number of carbonyl (C=O) groups excluding carboxylic acids is 1. The summed E-state index contributed by atoms with van der Waals surface area (Å²) in [7, 11) is 3.37. The largest absolute Gasteiger partial charge is 0.495 e. The van der Waals surface area contributed by atoms with E-state index in [2.05, 4.69) is 20.9 Å². The van der Waals surface area contributed by atoms with Gasteiger partial charge in [0.05, 0.1) is 12.8 Å². The van der Waals surface area contributed by atoms with E-state index in [9.17, 15) is 4.79 Å². The van der Waals surface area contributed by atoms with E-state index in [0.29, 0.717) is 24.0 Å². The Morgan fingerprint density at radius 3 is 2.70 bits per heavy atom. The number of ether oxygens (including phenoxy) is 1. The fourth-order valence-electron chi connectivity index (χ4n) is 2.80. The first kappa shape index (κ1) is 17.1. The van der Waals surface area contributed by atoms with Gasteiger partial charge < -0.3 is 20.7 Å². The van der Waals surface area contributed by atoms with E-state index in [1.165, 1.54) is 32.6 Å². The van der Waals surface area contributed by atoms with Gasteiger partial charge in [-0.3, -0.25) is 9.79 Å². The van der Waals surface area contributed by atoms with Gasteiger partial charge in [-0.05, 0) is 30.5 Å². The maximum absolute atomic E-state index is 11.3. The molecule has 0 aromatic heterocycles. The van der Waals surface area contributed by atoms with Crippen LogP contribution in [-0.2, 0) is 11.3 Å². The minimum Gasteiger partial charge on any atom is -0.495 e. The van der Waals surface area contributed by atoms with Gasteiger partial charge in [-0.25, -0.2) is 0 Å². The molecule has 0 radical (unpaired) electrons. The lowest BCUT2D eigenvalue weighted by Gasteiger charge is -2.17. The molecule has 1 saturated carbocycles. The van der Waals surface area contributed by atoms with Gasteiger partial charge >= 0.3 is 0 Å². The quantitative estimate of drug-likeness (QED) is 0.575. The predicted octanol–water partition coefficient (Wildman–Crippen LogP) is 2.26. The summed E-state index contributed by atoms with van der Waals surface area (Å²) in [5.74, 6) is 1.35. The average Bonchev–Trinajstić information content (AvgIpc) is 3.04. The molecule has 6 heteroatoms. The van der Waals surface area contributed by atoms with E-state index in [-0.39, 0.29) is 5.91 Å². The van der Waals surface area contributed by atoms with Crippen molar-refractivity contribution >= 4 is 17.6 Å². The van der Waals surface area contributed by atoms with E-state index < -0.39 is 0 Å². The van der Waals surface area contributed by atoms with E-state index >= 15 is 0 Å². The number of benzene rings is 1. The van der Waals surface area contributed by atoms with Gasteiger partial charge in [0, 0.05) is 26.6 Å². The second-order valence-electron chi connectivity index (χ2n) is 5.77. The third kappa shape index (κ3) is 5.16. The number of rotatable bonds is 5. The van der Waals surface area contributed by atoms with Crippen LogP contribution in [0.25, 0.3) is 0 Å². The summed E-state index contributed by atoms with van der Waals surface area (Å²) < 4.78 is 5.27. The lowest BCUT2D eigenvalue weighted by Crippen LogP contribution is -2.41. The normalized spacial score (nSPS) is 15.3. The standard InChI is InChI=1S/C17H26N4O2/c1-12(22)20-15-10-13(8-9-16(15)23-3)11-19-17(18-2)21-14-6-4-5-7-14/h8-10,14H,4-7,11H2,1-3H3,(H,20,22)(H2,18,19,21). The number of anilines is 1. The Hall–Kier alpha value is -2.24. The monoisotopic (exact) mass is 318 g/mol. The molecular formula is C17H26N4O2. The second-order valence-corrected chi connectivity index (χ2v) is 5.77. The summed E-state index contributed by atoms with van der Waals surface area (Å²) in [6, 6.07) is 6.26. The number of guanidine groups is 1. The maximum atomic E-state index is 11.3. The van der Waals surface area contributed by atoms with Crippen LogP contribution >= 0.6 is 0 Å². The van der Waals surface area contributed by atoms with Crippen molar-refractivity contribution in [2.45, 2.75) is 45.2 Å². The van der Waals surface area contributed by atoms with Crippen molar-refractivity contribution in [3.05, 3.63) is 23.8 Å². The number of hydrogen-bond acceptors (Lipinski definition) is 3. The fourth-order valence-corrected chi connectivity index (χ4v) is 2.80. The molecule has 0 spiro atoms. The van der Waals surface area contributed by atoms with Crippen LogP contribution < -0.4 is 20.7 Å². The van der Waals surface area contributed by atoms with Crippen LogP contribution in [0.5, 0.6) is 5.75 Å². The molecule has 0 saturated heterocycles. The first-order valence-corrected chi connectivity index (χ1v) is 8.04. The summed E-state index contributed by atoms with van der Waals surface area (Å²) in [6.07, 6.45) is 4.98. The van der Waals surface area contributed by atoms with Gasteiger partial charge in [0.15, 0.2) is 5.96 Å². The molecule has 0 unspecified atom stereocenters. The molecule has 1 aromatic carbocycles. The lowest BCUT2D eigenvalue weighted by molar-refractivity contribution is -0.114. The zero-order chi connectivity index (χ0) is 16.7. The Kier molecular flexibility index (Phi) is 6.26. The minimum atomic E-state index is -0.118. The molecule has 0 heterocycles. The predicted molar refractivity (Wildman–Crippen MR) is 92.9 cm³/mol. The van der Waals surface area contributed by atoms with Gasteiger partial charge in [0.25, 0.3) is 0 Å². The van der Waals surface area contributed by atoms with E-state index in [1.807, 2.05) is 18.2 Å². The van der Waals surface area contributed by atoms with Gasteiger partial charge in [-0.2, -0.15) is 0 Å². The molecule has 1 aliphatic rings. The van der Waals surface area contributed by atoms with Crippen molar-refractivity contribution in [3.63, 3.8) is 0 Å². The Labute approximate surface area is 137 Å². The first-order valence-electron chi connectivity index (χ1n) is 8.04. The molecule has 6 nitrogen and oxygen atoms in total. The van der Waals surface area contributed by atoms with Crippen molar-refractivity contribution in [3.8, 4) is 5.75 Å². The molecule has 23 heavy (non-hydrogen) atoms. The van der Waals surface area contributed by atoms with Crippen LogP contribution in [0.2, 0.25) is 0 Å². The number of aliphatic imine (C=N–C) groups is 1. The molecule has 1 fully saturated rings. The average molecular weight is 318 g/mol. The Morgan fingerprint density at radius 2 is 2.09 bits per heavy atom. The number of nitrogens with zero attached hydrogens (tertiary/aromatic N) is 1. The van der Waals surface area contributed by atoms with Crippen molar-refractivity contribution in [1.82, 2.24) is 10.6 Å². The molecule has 0 bridgehead atoms. The van der Waals surface area contributed by atoms with Crippen LogP contribution in [0.15, 0.2) is 23.2 Å². The number of carbonyl (C=O) groups is 1. The van der Waals surface area contributed by atoms with E-state index in [4.69, 9.17) is 4.74 Å². The van der Waals surface area contributed by atoms with Gasteiger partial charge in [-0.1, -0.05) is 18.9 Å². The zero-order valence-corrected chi connectivity index (χ0v) is 14.1. The first-order chi connectivity index (χ1) is 11.1. The van der Waals surface area contributed by atoms with Gasteiger partial charge in [0.2, 0.25) is 5.91 Å². The highest BCUT2D eigenvalue weighted by Crippen LogP contribution is 2.25. The second kappa shape index (κ2) is 8.41. The molecule has 0 aliphatic heterocycles. The Morgan fingerprint density at radius 1 is 1.35 bits per heavy atom. The highest BCUT2D eigenvalue weighted by atomic mass is 16.5. The summed E-state index contributed by atoms with van der Waals surface area (Å²) in [5.41, 5.74) is 1.72. The Bertz CT molecular complexity index is 566.